The van der Waals surface area contributed by atoms with E-state index in [2.05, 4.69) is 13.2 Å². The third kappa shape index (κ3) is 3.71. The van der Waals surface area contributed by atoms with E-state index in [1.54, 1.807) is 6.08 Å². The van der Waals surface area contributed by atoms with Crippen molar-refractivity contribution in [2.24, 2.45) is 5.41 Å². The van der Waals surface area contributed by atoms with Crippen molar-refractivity contribution in [2.75, 3.05) is 13.2 Å². The Balaban J connectivity index is 2.33. The highest BCUT2D eigenvalue weighted by Crippen LogP contribution is 2.38. The van der Waals surface area contributed by atoms with Crippen LogP contribution in [0.25, 0.3) is 5.57 Å². The Hall–Kier alpha value is -2.88. The zero-order chi connectivity index (χ0) is 17.4. The average molecular weight is 324 g/mol. The smallest absolute Gasteiger partial charge is 0.328 e. The van der Waals surface area contributed by atoms with Crippen LogP contribution in [0.5, 0.6) is 0 Å². The van der Waals surface area contributed by atoms with Crippen molar-refractivity contribution in [3.63, 3.8) is 0 Å². The summed E-state index contributed by atoms with van der Waals surface area (Å²) in [5, 5.41) is 0. The molecule has 0 radical (unpaired) electrons. The number of hydrogen-bond donors (Lipinski definition) is 0. The summed E-state index contributed by atoms with van der Waals surface area (Å²) < 4.78 is 10.3. The standard InChI is InChI=1S/C20H20O4/c1-3-13-23-18(21)20(19(22)24-14-4-2)12-8-11-17(15-20)16-9-6-5-7-10-16/h3-12H,1-2,13-15H2. The van der Waals surface area contributed by atoms with Crippen LogP contribution in [0.1, 0.15) is 12.0 Å². The van der Waals surface area contributed by atoms with Gasteiger partial charge in [-0.3, -0.25) is 9.59 Å². The second-order valence-corrected chi connectivity index (χ2v) is 5.34. The number of hydrogen-bond acceptors (Lipinski definition) is 4. The van der Waals surface area contributed by atoms with Crippen molar-refractivity contribution in [3.8, 4) is 0 Å². The zero-order valence-corrected chi connectivity index (χ0v) is 13.4. The van der Waals surface area contributed by atoms with Gasteiger partial charge in [0.05, 0.1) is 0 Å². The highest BCUT2D eigenvalue weighted by atomic mass is 16.6. The summed E-state index contributed by atoms with van der Waals surface area (Å²) in [4.78, 5) is 25.2. The van der Waals surface area contributed by atoms with E-state index in [1.807, 2.05) is 36.4 Å². The van der Waals surface area contributed by atoms with Crippen molar-refractivity contribution in [3.05, 3.63) is 79.4 Å². The van der Waals surface area contributed by atoms with Crippen LogP contribution < -0.4 is 0 Å². The third-order valence-corrected chi connectivity index (χ3v) is 3.69. The molecule has 0 bridgehead atoms. The van der Waals surface area contributed by atoms with E-state index in [9.17, 15) is 9.59 Å². The summed E-state index contributed by atoms with van der Waals surface area (Å²) in [7, 11) is 0. The number of benzene rings is 1. The Morgan fingerprint density at radius 1 is 1.04 bits per heavy atom. The molecule has 0 saturated carbocycles. The molecule has 0 fully saturated rings. The molecular formula is C20H20O4. The molecule has 0 atom stereocenters. The summed E-state index contributed by atoms with van der Waals surface area (Å²) in [5.74, 6) is -1.29. The molecular weight excluding hydrogens is 304 g/mol. The fourth-order valence-corrected chi connectivity index (χ4v) is 2.49. The predicted molar refractivity (Wildman–Crippen MR) is 92.9 cm³/mol. The van der Waals surface area contributed by atoms with Crippen LogP contribution in [0.4, 0.5) is 0 Å². The van der Waals surface area contributed by atoms with Gasteiger partial charge in [0.15, 0.2) is 5.41 Å². The van der Waals surface area contributed by atoms with E-state index in [4.69, 9.17) is 9.47 Å². The van der Waals surface area contributed by atoms with Crippen molar-refractivity contribution in [1.29, 1.82) is 0 Å². The van der Waals surface area contributed by atoms with Crippen molar-refractivity contribution >= 4 is 17.5 Å². The lowest BCUT2D eigenvalue weighted by atomic mass is 9.76. The molecule has 124 valence electrons. The monoisotopic (exact) mass is 324 g/mol. The Bertz CT molecular complexity index is 659. The molecule has 1 aromatic rings. The van der Waals surface area contributed by atoms with Crippen LogP contribution in [0.3, 0.4) is 0 Å². The number of esters is 2. The lowest BCUT2D eigenvalue weighted by Crippen LogP contribution is -2.41. The maximum absolute atomic E-state index is 12.6. The topological polar surface area (TPSA) is 52.6 Å². The van der Waals surface area contributed by atoms with Crippen LogP contribution in [-0.2, 0) is 19.1 Å². The van der Waals surface area contributed by atoms with E-state index in [0.717, 1.165) is 11.1 Å². The Kier molecular flexibility index (Phi) is 5.90. The lowest BCUT2D eigenvalue weighted by Gasteiger charge is -2.29. The second-order valence-electron chi connectivity index (χ2n) is 5.34. The van der Waals surface area contributed by atoms with Gasteiger partial charge in [0.1, 0.15) is 13.2 Å². The molecule has 1 aromatic carbocycles. The minimum atomic E-state index is -1.49. The first-order chi connectivity index (χ1) is 11.6. The fraction of sp³-hybridized carbons (Fsp3) is 0.200. The van der Waals surface area contributed by atoms with Gasteiger partial charge in [-0.2, -0.15) is 0 Å². The molecule has 0 aliphatic heterocycles. The first-order valence-electron chi connectivity index (χ1n) is 7.64. The molecule has 1 aliphatic carbocycles. The van der Waals surface area contributed by atoms with Gasteiger partial charge < -0.3 is 9.47 Å². The van der Waals surface area contributed by atoms with E-state index in [-0.39, 0.29) is 19.6 Å². The number of carbonyl (C=O) groups is 2. The summed E-state index contributed by atoms with van der Waals surface area (Å²) in [6.07, 6.45) is 8.21. The summed E-state index contributed by atoms with van der Waals surface area (Å²) in [6, 6.07) is 9.58. The third-order valence-electron chi connectivity index (χ3n) is 3.69. The molecule has 0 N–H and O–H groups in total. The molecule has 0 unspecified atom stereocenters. The van der Waals surface area contributed by atoms with Gasteiger partial charge >= 0.3 is 11.9 Å². The first-order valence-corrected chi connectivity index (χ1v) is 7.64. The maximum atomic E-state index is 12.6. The number of carbonyl (C=O) groups excluding carboxylic acids is 2. The van der Waals surface area contributed by atoms with Gasteiger partial charge in [0.2, 0.25) is 0 Å². The Labute approximate surface area is 141 Å². The Morgan fingerprint density at radius 2 is 1.62 bits per heavy atom. The summed E-state index contributed by atoms with van der Waals surface area (Å²) >= 11 is 0. The molecule has 24 heavy (non-hydrogen) atoms. The molecule has 4 heteroatoms. The van der Waals surface area contributed by atoms with Gasteiger partial charge in [0.25, 0.3) is 0 Å². The van der Waals surface area contributed by atoms with Crippen molar-refractivity contribution in [1.82, 2.24) is 0 Å². The predicted octanol–water partition coefficient (Wildman–Crippen LogP) is 3.47. The van der Waals surface area contributed by atoms with Crippen LogP contribution in [0.2, 0.25) is 0 Å². The molecule has 0 aromatic heterocycles. The quantitative estimate of drug-likeness (QED) is 0.438. The van der Waals surface area contributed by atoms with Crippen LogP contribution in [-0.4, -0.2) is 25.2 Å². The SMILES string of the molecule is C=CCOC(=O)C1(C(=O)OCC=C)C=CC=C(c2ccccc2)C1. The molecule has 0 saturated heterocycles. The molecule has 2 rings (SSSR count). The van der Waals surface area contributed by atoms with Crippen LogP contribution in [0, 0.1) is 5.41 Å². The Morgan fingerprint density at radius 3 is 2.17 bits per heavy atom. The van der Waals surface area contributed by atoms with Crippen molar-refractivity contribution < 1.29 is 19.1 Å². The van der Waals surface area contributed by atoms with Gasteiger partial charge in [-0.05, 0) is 11.1 Å². The minimum absolute atomic E-state index is 0.0353. The normalized spacial score (nSPS) is 15.1. The summed E-state index contributed by atoms with van der Waals surface area (Å²) in [6.45, 7) is 7.11. The summed E-state index contributed by atoms with van der Waals surface area (Å²) in [5.41, 5.74) is 0.315. The largest absolute Gasteiger partial charge is 0.460 e. The van der Waals surface area contributed by atoms with E-state index in [1.165, 1.54) is 18.2 Å². The second kappa shape index (κ2) is 8.11. The highest BCUT2D eigenvalue weighted by Gasteiger charge is 2.48. The average Bonchev–Trinajstić information content (AvgIpc) is 2.64. The maximum Gasteiger partial charge on any atom is 0.328 e. The highest BCUT2D eigenvalue weighted by molar-refractivity contribution is 6.04. The van der Waals surface area contributed by atoms with Crippen LogP contribution >= 0.6 is 0 Å². The molecule has 0 amide bonds. The lowest BCUT2D eigenvalue weighted by molar-refractivity contribution is -0.166. The van der Waals surface area contributed by atoms with E-state index < -0.39 is 17.4 Å². The van der Waals surface area contributed by atoms with Gasteiger partial charge in [-0.15, -0.1) is 0 Å². The number of rotatable bonds is 7. The van der Waals surface area contributed by atoms with Crippen LogP contribution in [0.15, 0.2) is 73.9 Å². The van der Waals surface area contributed by atoms with Gasteiger partial charge in [0, 0.05) is 6.42 Å². The molecule has 0 spiro atoms. The molecule has 0 heterocycles. The molecule has 1 aliphatic rings. The van der Waals surface area contributed by atoms with E-state index in [0.29, 0.717) is 0 Å². The molecule has 4 nitrogen and oxygen atoms in total. The van der Waals surface area contributed by atoms with Gasteiger partial charge in [-0.25, -0.2) is 0 Å². The minimum Gasteiger partial charge on any atom is -0.460 e. The fourth-order valence-electron chi connectivity index (χ4n) is 2.49. The van der Waals surface area contributed by atoms with Gasteiger partial charge in [-0.1, -0.05) is 73.9 Å². The van der Waals surface area contributed by atoms with Crippen molar-refractivity contribution in [2.45, 2.75) is 6.42 Å². The number of allylic oxidation sites excluding steroid dienone is 3. The zero-order valence-electron chi connectivity index (χ0n) is 13.4. The van der Waals surface area contributed by atoms with E-state index >= 15 is 0 Å². The first kappa shape index (κ1) is 17.5. The number of ether oxygens (including phenoxy) is 2.